The lowest BCUT2D eigenvalue weighted by Gasteiger charge is -2.08. The maximum atomic E-state index is 6.25. The molecule has 0 unspecified atom stereocenters. The van der Waals surface area contributed by atoms with Crippen LogP contribution in [0.4, 0.5) is 0 Å². The molecule has 0 aliphatic carbocycles. The Morgan fingerprint density at radius 3 is 2.81 bits per heavy atom. The molecule has 0 saturated carbocycles. The van der Waals surface area contributed by atoms with E-state index >= 15 is 0 Å². The Hall–Kier alpha value is -0.990. The van der Waals surface area contributed by atoms with E-state index in [2.05, 4.69) is 35.9 Å². The van der Waals surface area contributed by atoms with Gasteiger partial charge in [-0.1, -0.05) is 30.7 Å². The minimum Gasteiger partial charge on any atom is -0.342 e. The van der Waals surface area contributed by atoms with E-state index in [0.717, 1.165) is 30.2 Å². The Balaban J connectivity index is 2.53. The summed E-state index contributed by atoms with van der Waals surface area (Å²) in [6, 6.07) is 8.28. The molecule has 0 fully saturated rings. The van der Waals surface area contributed by atoms with Gasteiger partial charge >= 0.3 is 0 Å². The Bertz CT molecular complexity index is 488. The molecule has 86 valence electrons. The van der Waals surface area contributed by atoms with Crippen LogP contribution in [0.1, 0.15) is 19.5 Å². The van der Waals surface area contributed by atoms with E-state index in [1.54, 1.807) is 0 Å². The molecule has 16 heavy (non-hydrogen) atoms. The molecular formula is C13H17ClN2. The lowest BCUT2D eigenvalue weighted by atomic mass is 10.2. The summed E-state index contributed by atoms with van der Waals surface area (Å²) in [5.41, 5.74) is 2.45. The Morgan fingerprint density at radius 2 is 2.12 bits per heavy atom. The molecule has 1 heterocycles. The van der Waals surface area contributed by atoms with Crippen LogP contribution in [0.15, 0.2) is 24.3 Å². The number of rotatable bonds is 4. The molecule has 2 nitrogen and oxygen atoms in total. The molecule has 1 aromatic carbocycles. The predicted octanol–water partition coefficient (Wildman–Crippen LogP) is 3.42. The van der Waals surface area contributed by atoms with Crippen LogP contribution in [0.25, 0.3) is 10.9 Å². The third-order valence-electron chi connectivity index (χ3n) is 2.83. The van der Waals surface area contributed by atoms with Gasteiger partial charge in [0.15, 0.2) is 0 Å². The van der Waals surface area contributed by atoms with E-state index in [4.69, 9.17) is 11.6 Å². The fourth-order valence-corrected chi connectivity index (χ4v) is 2.38. The number of para-hydroxylation sites is 1. The quantitative estimate of drug-likeness (QED) is 0.861. The molecule has 0 spiro atoms. The molecule has 0 radical (unpaired) electrons. The summed E-state index contributed by atoms with van der Waals surface area (Å²) in [6.07, 6.45) is 0. The van der Waals surface area contributed by atoms with Crippen LogP contribution in [0.5, 0.6) is 0 Å². The standard InChI is InChI=1S/C13H17ClN2/c1-3-15-9-11-8-10-6-5-7-12(14)13(10)16(11)4-2/h5-8,15H,3-4,9H2,1-2H3. The van der Waals surface area contributed by atoms with Crippen molar-refractivity contribution in [3.8, 4) is 0 Å². The highest BCUT2D eigenvalue weighted by Gasteiger charge is 2.09. The lowest BCUT2D eigenvalue weighted by Crippen LogP contribution is -2.15. The van der Waals surface area contributed by atoms with E-state index in [0.29, 0.717) is 0 Å². The lowest BCUT2D eigenvalue weighted by molar-refractivity contribution is 0.656. The number of nitrogens with one attached hydrogen (secondary N) is 1. The van der Waals surface area contributed by atoms with Gasteiger partial charge in [-0.3, -0.25) is 0 Å². The molecule has 1 N–H and O–H groups in total. The summed E-state index contributed by atoms with van der Waals surface area (Å²) in [4.78, 5) is 0. The molecule has 0 saturated heterocycles. The molecule has 0 amide bonds. The molecule has 0 aliphatic heterocycles. The second-order valence-corrected chi connectivity index (χ2v) is 4.25. The highest BCUT2D eigenvalue weighted by molar-refractivity contribution is 6.35. The van der Waals surface area contributed by atoms with E-state index < -0.39 is 0 Å². The van der Waals surface area contributed by atoms with Gasteiger partial charge in [-0.2, -0.15) is 0 Å². The monoisotopic (exact) mass is 236 g/mol. The van der Waals surface area contributed by atoms with Crippen LogP contribution in [-0.2, 0) is 13.1 Å². The Kier molecular flexibility index (Phi) is 3.52. The first-order chi connectivity index (χ1) is 7.77. The van der Waals surface area contributed by atoms with Gasteiger partial charge in [0.1, 0.15) is 0 Å². The van der Waals surface area contributed by atoms with Crippen molar-refractivity contribution in [3.05, 3.63) is 35.0 Å². The van der Waals surface area contributed by atoms with Gasteiger partial charge < -0.3 is 9.88 Å². The number of hydrogen-bond acceptors (Lipinski definition) is 1. The smallest absolute Gasteiger partial charge is 0.0672 e. The summed E-state index contributed by atoms with van der Waals surface area (Å²) in [7, 11) is 0. The molecule has 3 heteroatoms. The van der Waals surface area contributed by atoms with Gasteiger partial charge in [0.2, 0.25) is 0 Å². The highest BCUT2D eigenvalue weighted by Crippen LogP contribution is 2.26. The molecule has 0 aliphatic rings. The normalized spacial score (nSPS) is 11.2. The van der Waals surface area contributed by atoms with Crippen molar-refractivity contribution < 1.29 is 0 Å². The number of aromatic nitrogens is 1. The van der Waals surface area contributed by atoms with Crippen molar-refractivity contribution in [2.45, 2.75) is 26.9 Å². The summed E-state index contributed by atoms with van der Waals surface area (Å²) < 4.78 is 2.28. The maximum Gasteiger partial charge on any atom is 0.0672 e. The SMILES string of the molecule is CCNCc1cc2cccc(Cl)c2n1CC. The summed E-state index contributed by atoms with van der Waals surface area (Å²) in [6.45, 7) is 7.10. The van der Waals surface area contributed by atoms with E-state index in [1.807, 2.05) is 12.1 Å². The zero-order valence-corrected chi connectivity index (χ0v) is 10.5. The van der Waals surface area contributed by atoms with Crippen molar-refractivity contribution in [2.24, 2.45) is 0 Å². The zero-order valence-electron chi connectivity index (χ0n) is 9.76. The van der Waals surface area contributed by atoms with Crippen molar-refractivity contribution in [2.75, 3.05) is 6.54 Å². The van der Waals surface area contributed by atoms with E-state index in [1.165, 1.54) is 11.1 Å². The fourth-order valence-electron chi connectivity index (χ4n) is 2.10. The van der Waals surface area contributed by atoms with Crippen molar-refractivity contribution in [1.82, 2.24) is 9.88 Å². The van der Waals surface area contributed by atoms with Crippen LogP contribution in [0.3, 0.4) is 0 Å². The van der Waals surface area contributed by atoms with Crippen LogP contribution in [0, 0.1) is 0 Å². The number of halogens is 1. The summed E-state index contributed by atoms with van der Waals surface area (Å²) >= 11 is 6.25. The van der Waals surface area contributed by atoms with Gasteiger partial charge in [0.25, 0.3) is 0 Å². The second-order valence-electron chi connectivity index (χ2n) is 3.84. The molecule has 0 atom stereocenters. The van der Waals surface area contributed by atoms with E-state index in [-0.39, 0.29) is 0 Å². The molecule has 1 aromatic heterocycles. The Morgan fingerprint density at radius 1 is 1.31 bits per heavy atom. The average Bonchev–Trinajstić information content (AvgIpc) is 2.65. The van der Waals surface area contributed by atoms with Crippen molar-refractivity contribution in [1.29, 1.82) is 0 Å². The topological polar surface area (TPSA) is 17.0 Å². The van der Waals surface area contributed by atoms with Crippen LogP contribution >= 0.6 is 11.6 Å². The number of hydrogen-bond donors (Lipinski definition) is 1. The predicted molar refractivity (Wildman–Crippen MR) is 70.0 cm³/mol. The van der Waals surface area contributed by atoms with Gasteiger partial charge in [-0.25, -0.2) is 0 Å². The summed E-state index contributed by atoms with van der Waals surface area (Å²) in [5.74, 6) is 0. The average molecular weight is 237 g/mol. The van der Waals surface area contributed by atoms with E-state index in [9.17, 15) is 0 Å². The summed E-state index contributed by atoms with van der Waals surface area (Å²) in [5, 5.41) is 5.42. The van der Waals surface area contributed by atoms with Gasteiger partial charge in [0, 0.05) is 24.2 Å². The number of aryl methyl sites for hydroxylation is 1. The number of fused-ring (bicyclic) bond motifs is 1. The third-order valence-corrected chi connectivity index (χ3v) is 3.13. The van der Waals surface area contributed by atoms with Crippen LogP contribution < -0.4 is 5.32 Å². The minimum absolute atomic E-state index is 0.835. The largest absolute Gasteiger partial charge is 0.342 e. The fraction of sp³-hybridized carbons (Fsp3) is 0.385. The molecular weight excluding hydrogens is 220 g/mol. The van der Waals surface area contributed by atoms with Crippen molar-refractivity contribution in [3.63, 3.8) is 0 Å². The molecule has 0 bridgehead atoms. The van der Waals surface area contributed by atoms with Gasteiger partial charge in [-0.05, 0) is 25.6 Å². The van der Waals surface area contributed by atoms with Gasteiger partial charge in [0.05, 0.1) is 10.5 Å². The maximum absolute atomic E-state index is 6.25. The first-order valence-electron chi connectivity index (χ1n) is 5.75. The first-order valence-corrected chi connectivity index (χ1v) is 6.13. The van der Waals surface area contributed by atoms with Crippen LogP contribution in [0.2, 0.25) is 5.02 Å². The zero-order chi connectivity index (χ0) is 11.5. The number of benzene rings is 1. The highest BCUT2D eigenvalue weighted by atomic mass is 35.5. The molecule has 2 aromatic rings. The molecule has 2 rings (SSSR count). The van der Waals surface area contributed by atoms with Crippen LogP contribution in [-0.4, -0.2) is 11.1 Å². The van der Waals surface area contributed by atoms with Crippen molar-refractivity contribution >= 4 is 22.5 Å². The first kappa shape index (κ1) is 11.5. The number of nitrogens with zero attached hydrogens (tertiary/aromatic N) is 1. The minimum atomic E-state index is 0.835. The third kappa shape index (κ3) is 1.95. The second kappa shape index (κ2) is 4.89. The van der Waals surface area contributed by atoms with Gasteiger partial charge in [-0.15, -0.1) is 0 Å². The Labute approximate surface area is 101 Å².